The third-order valence-corrected chi connectivity index (χ3v) is 3.71. The summed E-state index contributed by atoms with van der Waals surface area (Å²) >= 11 is 0. The fourth-order valence-corrected chi connectivity index (χ4v) is 2.78. The van der Waals surface area contributed by atoms with Gasteiger partial charge in [-0.1, -0.05) is 0 Å². The summed E-state index contributed by atoms with van der Waals surface area (Å²) in [5.74, 6) is 0. The molecule has 6 nitrogen and oxygen atoms in total. The Morgan fingerprint density at radius 2 is 2.33 bits per heavy atom. The third kappa shape index (κ3) is 2.69. The number of carboxylic acid groups (broad SMARTS) is 1. The first-order valence-electron chi connectivity index (χ1n) is 6.94. The van der Waals surface area contributed by atoms with E-state index in [9.17, 15) is 4.79 Å². The highest BCUT2D eigenvalue weighted by atomic mass is 16.4. The SMILES string of the molecule is Cc1cn(-c2ccc3c(c2)[C@H](NC(=O)O)C[C@H](C)N3)cn1. The van der Waals surface area contributed by atoms with Crippen LogP contribution in [-0.4, -0.2) is 26.8 Å². The zero-order valence-electron chi connectivity index (χ0n) is 12.0. The van der Waals surface area contributed by atoms with E-state index in [4.69, 9.17) is 5.11 Å². The molecule has 3 rings (SSSR count). The average Bonchev–Trinajstić information content (AvgIpc) is 2.84. The number of carbonyl (C=O) groups is 1. The van der Waals surface area contributed by atoms with Crippen molar-refractivity contribution in [1.29, 1.82) is 0 Å². The number of imidazole rings is 1. The van der Waals surface area contributed by atoms with Crippen molar-refractivity contribution in [3.63, 3.8) is 0 Å². The molecule has 0 fully saturated rings. The van der Waals surface area contributed by atoms with E-state index >= 15 is 0 Å². The summed E-state index contributed by atoms with van der Waals surface area (Å²) in [4.78, 5) is 15.2. The van der Waals surface area contributed by atoms with Crippen LogP contribution in [0.4, 0.5) is 10.5 Å². The van der Waals surface area contributed by atoms with Crippen LogP contribution in [0.2, 0.25) is 0 Å². The van der Waals surface area contributed by atoms with Gasteiger partial charge in [-0.15, -0.1) is 0 Å². The number of amides is 1. The van der Waals surface area contributed by atoms with Crippen molar-refractivity contribution in [2.24, 2.45) is 0 Å². The molecule has 0 spiro atoms. The van der Waals surface area contributed by atoms with Crippen LogP contribution in [0.1, 0.15) is 30.6 Å². The minimum absolute atomic E-state index is 0.196. The number of aryl methyl sites for hydroxylation is 1. The fraction of sp³-hybridized carbons (Fsp3) is 0.333. The Bertz CT molecular complexity index is 680. The lowest BCUT2D eigenvalue weighted by Gasteiger charge is -2.31. The number of rotatable bonds is 2. The number of nitrogens with zero attached hydrogens (tertiary/aromatic N) is 2. The second-order valence-electron chi connectivity index (χ2n) is 5.48. The van der Waals surface area contributed by atoms with Crippen LogP contribution in [0.5, 0.6) is 0 Å². The van der Waals surface area contributed by atoms with Crippen molar-refractivity contribution in [2.45, 2.75) is 32.4 Å². The number of benzene rings is 1. The molecule has 1 amide bonds. The molecular formula is C15H18N4O2. The number of hydrogen-bond donors (Lipinski definition) is 3. The molecule has 1 aromatic carbocycles. The van der Waals surface area contributed by atoms with Gasteiger partial charge in [-0.3, -0.25) is 0 Å². The normalized spacial score (nSPS) is 20.5. The van der Waals surface area contributed by atoms with Gasteiger partial charge in [0.2, 0.25) is 0 Å². The van der Waals surface area contributed by atoms with Crippen molar-refractivity contribution in [3.8, 4) is 5.69 Å². The molecule has 0 bridgehead atoms. The first-order chi connectivity index (χ1) is 10.0. The standard InChI is InChI=1S/C15H18N4O2/c1-9-5-14(18-15(20)21)12-6-11(3-4-13(12)17-9)19-7-10(2)16-8-19/h3-4,6-9,14,17-18H,5H2,1-2H3,(H,20,21)/t9-,14+/m0/s1. The van der Waals surface area contributed by atoms with Gasteiger partial charge in [0.15, 0.2) is 0 Å². The summed E-state index contributed by atoms with van der Waals surface area (Å²) in [6.45, 7) is 3.99. The molecule has 2 aromatic rings. The highest BCUT2D eigenvalue weighted by molar-refractivity contribution is 5.68. The van der Waals surface area contributed by atoms with Gasteiger partial charge in [0.1, 0.15) is 0 Å². The Balaban J connectivity index is 2.00. The molecule has 2 atom stereocenters. The molecule has 6 heteroatoms. The van der Waals surface area contributed by atoms with Crippen LogP contribution in [0, 0.1) is 6.92 Å². The minimum atomic E-state index is -0.996. The van der Waals surface area contributed by atoms with Crippen LogP contribution in [-0.2, 0) is 0 Å². The van der Waals surface area contributed by atoms with Gasteiger partial charge in [-0.2, -0.15) is 0 Å². The largest absolute Gasteiger partial charge is 0.465 e. The smallest absolute Gasteiger partial charge is 0.405 e. The van der Waals surface area contributed by atoms with Crippen LogP contribution < -0.4 is 10.6 Å². The lowest BCUT2D eigenvalue weighted by Crippen LogP contribution is -2.35. The van der Waals surface area contributed by atoms with E-state index in [0.29, 0.717) is 0 Å². The molecule has 1 aliphatic heterocycles. The van der Waals surface area contributed by atoms with Crippen molar-refractivity contribution in [2.75, 3.05) is 5.32 Å². The van der Waals surface area contributed by atoms with Crippen LogP contribution in [0.15, 0.2) is 30.7 Å². The summed E-state index contributed by atoms with van der Waals surface area (Å²) in [6.07, 6.45) is 3.44. The Morgan fingerprint density at radius 1 is 1.52 bits per heavy atom. The lowest BCUT2D eigenvalue weighted by atomic mass is 9.93. The topological polar surface area (TPSA) is 79.2 Å². The number of anilines is 1. The second kappa shape index (κ2) is 5.12. The molecule has 2 heterocycles. The van der Waals surface area contributed by atoms with Crippen LogP contribution in [0.3, 0.4) is 0 Å². The highest BCUT2D eigenvalue weighted by Gasteiger charge is 2.25. The van der Waals surface area contributed by atoms with E-state index in [1.807, 2.05) is 42.8 Å². The molecule has 0 saturated heterocycles. The molecule has 0 unspecified atom stereocenters. The van der Waals surface area contributed by atoms with Crippen molar-refractivity contribution in [1.82, 2.24) is 14.9 Å². The van der Waals surface area contributed by atoms with Crippen molar-refractivity contribution < 1.29 is 9.90 Å². The number of fused-ring (bicyclic) bond motifs is 1. The fourth-order valence-electron chi connectivity index (χ4n) is 2.78. The quantitative estimate of drug-likeness (QED) is 0.793. The van der Waals surface area contributed by atoms with E-state index in [1.54, 1.807) is 6.33 Å². The molecule has 0 saturated carbocycles. The van der Waals surface area contributed by atoms with Gasteiger partial charge in [-0.05, 0) is 44.0 Å². The second-order valence-corrected chi connectivity index (χ2v) is 5.48. The Kier molecular flexibility index (Phi) is 3.29. The van der Waals surface area contributed by atoms with Crippen molar-refractivity contribution >= 4 is 11.8 Å². The van der Waals surface area contributed by atoms with E-state index in [1.165, 1.54) is 0 Å². The van der Waals surface area contributed by atoms with Gasteiger partial charge in [0, 0.05) is 23.6 Å². The highest BCUT2D eigenvalue weighted by Crippen LogP contribution is 2.34. The molecule has 21 heavy (non-hydrogen) atoms. The number of hydrogen-bond acceptors (Lipinski definition) is 3. The van der Waals surface area contributed by atoms with Gasteiger partial charge in [0.05, 0.1) is 18.1 Å². The molecule has 3 N–H and O–H groups in total. The summed E-state index contributed by atoms with van der Waals surface area (Å²) in [5.41, 5.74) is 3.87. The maximum atomic E-state index is 11.0. The zero-order chi connectivity index (χ0) is 15.0. The van der Waals surface area contributed by atoms with Crippen molar-refractivity contribution in [3.05, 3.63) is 42.0 Å². The van der Waals surface area contributed by atoms with E-state index in [0.717, 1.165) is 29.1 Å². The molecule has 1 aliphatic rings. The minimum Gasteiger partial charge on any atom is -0.465 e. The molecule has 1 aromatic heterocycles. The molecule has 110 valence electrons. The molecule has 0 radical (unpaired) electrons. The Morgan fingerprint density at radius 3 is 3.00 bits per heavy atom. The Labute approximate surface area is 122 Å². The predicted octanol–water partition coefficient (Wildman–Crippen LogP) is 2.69. The summed E-state index contributed by atoms with van der Waals surface area (Å²) in [5, 5.41) is 15.0. The number of aromatic nitrogens is 2. The van der Waals surface area contributed by atoms with E-state index in [2.05, 4.69) is 15.6 Å². The van der Waals surface area contributed by atoms with Gasteiger partial charge in [0.25, 0.3) is 0 Å². The molecule has 0 aliphatic carbocycles. The molecular weight excluding hydrogens is 268 g/mol. The summed E-state index contributed by atoms with van der Waals surface area (Å²) in [6, 6.07) is 6.04. The van der Waals surface area contributed by atoms with Crippen LogP contribution in [0.25, 0.3) is 5.69 Å². The maximum absolute atomic E-state index is 11.0. The zero-order valence-corrected chi connectivity index (χ0v) is 12.0. The summed E-state index contributed by atoms with van der Waals surface area (Å²) < 4.78 is 1.94. The summed E-state index contributed by atoms with van der Waals surface area (Å²) in [7, 11) is 0. The van der Waals surface area contributed by atoms with E-state index < -0.39 is 6.09 Å². The first kappa shape index (κ1) is 13.5. The predicted molar refractivity (Wildman–Crippen MR) is 79.9 cm³/mol. The van der Waals surface area contributed by atoms with Gasteiger partial charge < -0.3 is 20.3 Å². The first-order valence-corrected chi connectivity index (χ1v) is 6.94. The van der Waals surface area contributed by atoms with Gasteiger partial charge in [-0.25, -0.2) is 9.78 Å². The third-order valence-electron chi connectivity index (χ3n) is 3.71. The Hall–Kier alpha value is -2.50. The lowest BCUT2D eigenvalue weighted by molar-refractivity contribution is 0.188. The monoisotopic (exact) mass is 286 g/mol. The number of nitrogens with one attached hydrogen (secondary N) is 2. The van der Waals surface area contributed by atoms with Crippen LogP contribution >= 0.6 is 0 Å². The van der Waals surface area contributed by atoms with E-state index in [-0.39, 0.29) is 12.1 Å². The average molecular weight is 286 g/mol. The maximum Gasteiger partial charge on any atom is 0.405 e. The van der Waals surface area contributed by atoms with Gasteiger partial charge >= 0.3 is 6.09 Å².